The van der Waals surface area contributed by atoms with Crippen LogP contribution < -0.4 is 15.4 Å². The fraction of sp³-hybridized carbons (Fsp3) is 0.391. The van der Waals surface area contributed by atoms with Gasteiger partial charge in [0.1, 0.15) is 17.2 Å². The van der Waals surface area contributed by atoms with Gasteiger partial charge in [0.15, 0.2) is 5.82 Å². The molecule has 2 heterocycles. The molecule has 0 saturated heterocycles. The lowest BCUT2D eigenvalue weighted by Gasteiger charge is -2.14. The van der Waals surface area contributed by atoms with Crippen molar-refractivity contribution in [1.29, 1.82) is 0 Å². The number of anilines is 2. The van der Waals surface area contributed by atoms with Gasteiger partial charge in [-0.15, -0.1) is 0 Å². The van der Waals surface area contributed by atoms with Crippen molar-refractivity contribution in [3.05, 3.63) is 42.2 Å². The van der Waals surface area contributed by atoms with Crippen LogP contribution in [0.1, 0.15) is 33.7 Å². The number of amides is 1. The summed E-state index contributed by atoms with van der Waals surface area (Å²) in [6.45, 7) is 7.18. The maximum Gasteiger partial charge on any atom is 0.407 e. The van der Waals surface area contributed by atoms with Gasteiger partial charge in [-0.25, -0.2) is 32.0 Å². The zero-order valence-electron chi connectivity index (χ0n) is 21.0. The minimum Gasteiger partial charge on any atom is -0.453 e. The van der Waals surface area contributed by atoms with E-state index in [4.69, 9.17) is 0 Å². The number of nitrogens with one attached hydrogen (secondary N) is 3. The monoisotopic (exact) mass is 537 g/mol. The highest BCUT2D eigenvalue weighted by Crippen LogP contribution is 2.36. The second-order valence-electron chi connectivity index (χ2n) is 8.44. The maximum absolute atomic E-state index is 15.5. The number of alkyl carbamates (subject to hydrolysis) is 1. The third-order valence-electron chi connectivity index (χ3n) is 5.29. The van der Waals surface area contributed by atoms with Crippen molar-refractivity contribution in [2.75, 3.05) is 29.4 Å². The molecule has 1 amide bonds. The van der Waals surface area contributed by atoms with Crippen molar-refractivity contribution in [3.63, 3.8) is 0 Å². The summed E-state index contributed by atoms with van der Waals surface area (Å²) < 4.78 is 62.1. The number of hydrogen-bond acceptors (Lipinski definition) is 8. The highest BCUT2D eigenvalue weighted by Gasteiger charge is 2.24. The molecule has 11 nitrogen and oxygen atoms in total. The number of carbonyl (C=O) groups is 1. The van der Waals surface area contributed by atoms with E-state index in [2.05, 4.69) is 30.4 Å². The van der Waals surface area contributed by atoms with Gasteiger partial charge < -0.3 is 15.4 Å². The smallest absolute Gasteiger partial charge is 0.407 e. The number of nitrogens with zero attached hydrogens (tertiary/aromatic N) is 4. The molecule has 3 aromatic rings. The Hall–Kier alpha value is -3.81. The Morgan fingerprint density at radius 3 is 2.54 bits per heavy atom. The Morgan fingerprint density at radius 1 is 1.16 bits per heavy atom. The lowest BCUT2D eigenvalue weighted by molar-refractivity contribution is 0.168. The molecular weight excluding hydrogens is 508 g/mol. The summed E-state index contributed by atoms with van der Waals surface area (Å²) in [6.07, 6.45) is 2.60. The summed E-state index contributed by atoms with van der Waals surface area (Å²) in [4.78, 5) is 20.0. The van der Waals surface area contributed by atoms with Crippen LogP contribution in [0.25, 0.3) is 22.5 Å². The Kier molecular flexibility index (Phi) is 8.63. The van der Waals surface area contributed by atoms with Crippen molar-refractivity contribution >= 4 is 27.8 Å². The van der Waals surface area contributed by atoms with E-state index in [1.165, 1.54) is 26.3 Å². The quantitative estimate of drug-likeness (QED) is 0.355. The molecule has 1 aromatic carbocycles. The van der Waals surface area contributed by atoms with E-state index < -0.39 is 33.4 Å². The molecule has 0 fully saturated rings. The van der Waals surface area contributed by atoms with Crippen LogP contribution in [0.2, 0.25) is 0 Å². The molecule has 0 bridgehead atoms. The van der Waals surface area contributed by atoms with Crippen LogP contribution in [0.4, 0.5) is 25.2 Å². The summed E-state index contributed by atoms with van der Waals surface area (Å²) in [5.41, 5.74) is 0.0887. The van der Waals surface area contributed by atoms with E-state index in [-0.39, 0.29) is 35.0 Å². The summed E-state index contributed by atoms with van der Waals surface area (Å²) >= 11 is 0. The van der Waals surface area contributed by atoms with Crippen LogP contribution in [0.15, 0.2) is 30.6 Å². The molecule has 0 aliphatic carbocycles. The number of hydrogen-bond donors (Lipinski definition) is 3. The number of methoxy groups -OCH3 is 1. The van der Waals surface area contributed by atoms with E-state index in [9.17, 15) is 17.6 Å². The molecule has 3 N–H and O–H groups in total. The standard InChI is InChI=1S/C23H29F2N7O4S/c1-6-37(34,35)31-21-17(24)8-7-15(19(21)25)20-16(12-32(30-20)13(2)3)18-9-10-26-22(29-18)27-11-14(4)28-23(33)36-5/h7-10,12-14,31H,6,11H2,1-5H3,(H,28,33)(H,26,27,29). The highest BCUT2D eigenvalue weighted by molar-refractivity contribution is 7.92. The molecule has 14 heteroatoms. The first-order valence-corrected chi connectivity index (χ1v) is 13.1. The highest BCUT2D eigenvalue weighted by atomic mass is 32.2. The number of rotatable bonds is 10. The van der Waals surface area contributed by atoms with Crippen molar-refractivity contribution in [2.24, 2.45) is 0 Å². The topological polar surface area (TPSA) is 140 Å². The minimum absolute atomic E-state index is 0.0984. The average molecular weight is 538 g/mol. The summed E-state index contributed by atoms with van der Waals surface area (Å²) in [5, 5.41) is 10.1. The Labute approximate surface area is 213 Å². The van der Waals surface area contributed by atoms with Crippen molar-refractivity contribution in [1.82, 2.24) is 25.1 Å². The van der Waals surface area contributed by atoms with E-state index >= 15 is 4.39 Å². The van der Waals surface area contributed by atoms with E-state index in [1.54, 1.807) is 23.9 Å². The predicted octanol–water partition coefficient (Wildman–Crippen LogP) is 3.78. The van der Waals surface area contributed by atoms with Gasteiger partial charge in [-0.05, 0) is 45.9 Å². The molecule has 0 radical (unpaired) electrons. The number of aromatic nitrogens is 4. The number of carbonyl (C=O) groups excluding carboxylic acids is 1. The van der Waals surface area contributed by atoms with Gasteiger partial charge in [0.05, 0.1) is 18.6 Å². The minimum atomic E-state index is -3.93. The molecule has 0 saturated carbocycles. The van der Waals surface area contributed by atoms with E-state index in [0.29, 0.717) is 17.8 Å². The summed E-state index contributed by atoms with van der Waals surface area (Å²) in [6, 6.07) is 3.39. The van der Waals surface area contributed by atoms with Crippen LogP contribution in [0.3, 0.4) is 0 Å². The SMILES string of the molecule is CCS(=O)(=O)Nc1c(F)ccc(-c2nn(C(C)C)cc2-c2ccnc(NCC(C)NC(=O)OC)n2)c1F. The van der Waals surface area contributed by atoms with Gasteiger partial charge in [0.25, 0.3) is 0 Å². The number of sulfonamides is 1. The molecular formula is C23H29F2N7O4S. The first-order chi connectivity index (χ1) is 17.5. The zero-order valence-corrected chi connectivity index (χ0v) is 21.9. The summed E-state index contributed by atoms with van der Waals surface area (Å²) in [7, 11) is -2.67. The second-order valence-corrected chi connectivity index (χ2v) is 10.4. The van der Waals surface area contributed by atoms with E-state index in [1.807, 2.05) is 18.6 Å². The van der Waals surface area contributed by atoms with Crippen molar-refractivity contribution in [2.45, 2.75) is 39.8 Å². The number of benzene rings is 1. The molecule has 1 unspecified atom stereocenters. The van der Waals surface area contributed by atoms with Gasteiger partial charge in [0, 0.05) is 42.1 Å². The third kappa shape index (κ3) is 6.70. The van der Waals surface area contributed by atoms with Crippen molar-refractivity contribution < 1.29 is 26.7 Å². The lowest BCUT2D eigenvalue weighted by Crippen LogP contribution is -2.37. The molecule has 2 aromatic heterocycles. The van der Waals surface area contributed by atoms with Crippen LogP contribution in [-0.2, 0) is 14.8 Å². The third-order valence-corrected chi connectivity index (χ3v) is 6.57. The van der Waals surface area contributed by atoms with Gasteiger partial charge in [-0.3, -0.25) is 9.40 Å². The molecule has 3 rings (SSSR count). The van der Waals surface area contributed by atoms with Crippen LogP contribution in [0.5, 0.6) is 0 Å². The second kappa shape index (κ2) is 11.5. The number of halogens is 2. The largest absolute Gasteiger partial charge is 0.453 e. The van der Waals surface area contributed by atoms with Crippen molar-refractivity contribution in [3.8, 4) is 22.5 Å². The van der Waals surface area contributed by atoms with Gasteiger partial charge in [-0.2, -0.15) is 5.10 Å². The van der Waals surface area contributed by atoms with Crippen LogP contribution >= 0.6 is 0 Å². The first kappa shape index (κ1) is 27.8. The maximum atomic E-state index is 15.5. The molecule has 37 heavy (non-hydrogen) atoms. The molecule has 0 aliphatic heterocycles. The zero-order chi connectivity index (χ0) is 27.3. The Morgan fingerprint density at radius 2 is 1.89 bits per heavy atom. The van der Waals surface area contributed by atoms with Gasteiger partial charge in [-0.1, -0.05) is 0 Å². The molecule has 200 valence electrons. The normalized spacial score (nSPS) is 12.3. The molecule has 0 aliphatic rings. The van der Waals surface area contributed by atoms with Crippen LogP contribution in [0, 0.1) is 11.6 Å². The predicted molar refractivity (Wildman–Crippen MR) is 136 cm³/mol. The van der Waals surface area contributed by atoms with Gasteiger partial charge in [0.2, 0.25) is 16.0 Å². The van der Waals surface area contributed by atoms with Gasteiger partial charge >= 0.3 is 6.09 Å². The Bertz CT molecular complexity index is 1380. The van der Waals surface area contributed by atoms with E-state index in [0.717, 1.165) is 6.07 Å². The Balaban J connectivity index is 2.02. The molecule has 1 atom stereocenters. The average Bonchev–Trinajstić information content (AvgIpc) is 3.31. The fourth-order valence-corrected chi connectivity index (χ4v) is 3.89. The summed E-state index contributed by atoms with van der Waals surface area (Å²) in [5.74, 6) is -2.25. The lowest BCUT2D eigenvalue weighted by atomic mass is 10.0. The number of ether oxygens (including phenoxy) is 1. The fourth-order valence-electron chi connectivity index (χ4n) is 3.25. The van der Waals surface area contributed by atoms with Crippen LogP contribution in [-0.4, -0.2) is 59.7 Å². The molecule has 0 spiro atoms. The first-order valence-electron chi connectivity index (χ1n) is 11.5.